The highest BCUT2D eigenvalue weighted by atomic mass is 16.3. The highest BCUT2D eigenvalue weighted by molar-refractivity contribution is 5.96. The maximum Gasteiger partial charge on any atom is 0.241 e. The average molecular weight is 271 g/mol. The number of rotatable bonds is 3. The Bertz CT molecular complexity index is 654. The minimum Gasteiger partial charge on any atom is -0.440 e. The van der Waals surface area contributed by atoms with Crippen molar-refractivity contribution in [2.24, 2.45) is 0 Å². The van der Waals surface area contributed by atoms with Gasteiger partial charge in [-0.2, -0.15) is 0 Å². The van der Waals surface area contributed by atoms with Crippen LogP contribution in [-0.4, -0.2) is 23.5 Å². The van der Waals surface area contributed by atoms with E-state index in [1.165, 1.54) is 12.8 Å². The van der Waals surface area contributed by atoms with Crippen LogP contribution < -0.4 is 10.6 Å². The van der Waals surface area contributed by atoms with Crippen LogP contribution >= 0.6 is 0 Å². The SMILES string of the molecule is O=C(Nc1ccc2oc(C3CC3)nc2c1)[C@@H]1CCCN1. The lowest BCUT2D eigenvalue weighted by Gasteiger charge is -2.10. The number of hydrogen-bond donors (Lipinski definition) is 2. The summed E-state index contributed by atoms with van der Waals surface area (Å²) in [6, 6.07) is 5.57. The molecular weight excluding hydrogens is 254 g/mol. The van der Waals surface area contributed by atoms with E-state index < -0.39 is 0 Å². The summed E-state index contributed by atoms with van der Waals surface area (Å²) < 4.78 is 5.72. The van der Waals surface area contributed by atoms with E-state index in [-0.39, 0.29) is 11.9 Å². The number of anilines is 1. The largest absolute Gasteiger partial charge is 0.440 e. The van der Waals surface area contributed by atoms with Crippen molar-refractivity contribution in [1.29, 1.82) is 0 Å². The van der Waals surface area contributed by atoms with Gasteiger partial charge in [-0.05, 0) is 50.4 Å². The predicted octanol–water partition coefficient (Wildman–Crippen LogP) is 2.40. The third-order valence-corrected chi connectivity index (χ3v) is 3.98. The van der Waals surface area contributed by atoms with Crippen LogP contribution in [0.2, 0.25) is 0 Å². The Hall–Kier alpha value is -1.88. The molecule has 1 atom stereocenters. The van der Waals surface area contributed by atoms with E-state index in [1.54, 1.807) is 0 Å². The molecule has 2 aromatic rings. The Morgan fingerprint density at radius 3 is 3.00 bits per heavy atom. The van der Waals surface area contributed by atoms with Crippen molar-refractivity contribution in [2.45, 2.75) is 37.6 Å². The van der Waals surface area contributed by atoms with Crippen LogP contribution in [0.25, 0.3) is 11.1 Å². The number of fused-ring (bicyclic) bond motifs is 1. The predicted molar refractivity (Wildman–Crippen MR) is 75.6 cm³/mol. The second kappa shape index (κ2) is 4.59. The Morgan fingerprint density at radius 1 is 1.35 bits per heavy atom. The molecule has 1 saturated heterocycles. The van der Waals surface area contributed by atoms with Crippen LogP contribution in [0.15, 0.2) is 22.6 Å². The Balaban J connectivity index is 1.55. The quantitative estimate of drug-likeness (QED) is 0.899. The van der Waals surface area contributed by atoms with Crippen molar-refractivity contribution in [2.75, 3.05) is 11.9 Å². The molecule has 20 heavy (non-hydrogen) atoms. The van der Waals surface area contributed by atoms with Crippen LogP contribution in [0.1, 0.15) is 37.5 Å². The number of oxazole rings is 1. The zero-order valence-electron chi connectivity index (χ0n) is 11.2. The fourth-order valence-electron chi connectivity index (χ4n) is 2.67. The molecule has 0 spiro atoms. The second-order valence-corrected chi connectivity index (χ2v) is 5.65. The van der Waals surface area contributed by atoms with Crippen molar-refractivity contribution in [3.63, 3.8) is 0 Å². The topological polar surface area (TPSA) is 67.2 Å². The summed E-state index contributed by atoms with van der Waals surface area (Å²) in [7, 11) is 0. The molecule has 5 nitrogen and oxygen atoms in total. The minimum atomic E-state index is -0.0648. The smallest absolute Gasteiger partial charge is 0.241 e. The highest BCUT2D eigenvalue weighted by Crippen LogP contribution is 2.40. The third-order valence-electron chi connectivity index (χ3n) is 3.98. The molecule has 0 unspecified atom stereocenters. The van der Waals surface area contributed by atoms with E-state index in [1.807, 2.05) is 18.2 Å². The number of amides is 1. The van der Waals surface area contributed by atoms with Crippen molar-refractivity contribution in [3.05, 3.63) is 24.1 Å². The summed E-state index contributed by atoms with van der Waals surface area (Å²) in [6.07, 6.45) is 4.31. The molecule has 1 aliphatic carbocycles. The summed E-state index contributed by atoms with van der Waals surface area (Å²) in [6.45, 7) is 0.922. The molecule has 2 N–H and O–H groups in total. The number of benzene rings is 1. The van der Waals surface area contributed by atoms with Gasteiger partial charge in [0.2, 0.25) is 5.91 Å². The summed E-state index contributed by atoms with van der Waals surface area (Å²) in [4.78, 5) is 16.6. The zero-order chi connectivity index (χ0) is 13.5. The van der Waals surface area contributed by atoms with Crippen molar-refractivity contribution in [3.8, 4) is 0 Å². The fraction of sp³-hybridized carbons (Fsp3) is 0.467. The molecule has 2 heterocycles. The van der Waals surface area contributed by atoms with Gasteiger partial charge in [0.05, 0.1) is 6.04 Å². The fourth-order valence-corrected chi connectivity index (χ4v) is 2.67. The normalized spacial score (nSPS) is 22.3. The lowest BCUT2D eigenvalue weighted by Crippen LogP contribution is -2.35. The lowest BCUT2D eigenvalue weighted by atomic mass is 10.2. The molecule has 1 aliphatic heterocycles. The first-order chi connectivity index (χ1) is 9.79. The van der Waals surface area contributed by atoms with Crippen molar-refractivity contribution < 1.29 is 9.21 Å². The molecule has 0 bridgehead atoms. The number of carbonyl (C=O) groups is 1. The number of carbonyl (C=O) groups excluding carboxylic acids is 1. The van der Waals surface area contributed by atoms with Gasteiger partial charge in [0, 0.05) is 11.6 Å². The van der Waals surface area contributed by atoms with E-state index >= 15 is 0 Å². The molecule has 5 heteroatoms. The van der Waals surface area contributed by atoms with Gasteiger partial charge in [0.1, 0.15) is 5.52 Å². The maximum atomic E-state index is 12.1. The summed E-state index contributed by atoms with van der Waals surface area (Å²) in [5.74, 6) is 1.37. The molecule has 1 aromatic carbocycles. The van der Waals surface area contributed by atoms with Gasteiger partial charge < -0.3 is 15.1 Å². The molecule has 104 valence electrons. The Morgan fingerprint density at radius 2 is 2.25 bits per heavy atom. The second-order valence-electron chi connectivity index (χ2n) is 5.65. The van der Waals surface area contributed by atoms with E-state index in [0.29, 0.717) is 5.92 Å². The van der Waals surface area contributed by atoms with Gasteiger partial charge in [-0.3, -0.25) is 4.79 Å². The monoisotopic (exact) mass is 271 g/mol. The van der Waals surface area contributed by atoms with Gasteiger partial charge in [-0.15, -0.1) is 0 Å². The van der Waals surface area contributed by atoms with Crippen LogP contribution in [-0.2, 0) is 4.79 Å². The standard InChI is InChI=1S/C15H17N3O2/c19-14(11-2-1-7-16-11)17-10-5-6-13-12(8-10)18-15(20-13)9-3-4-9/h5-6,8-9,11,16H,1-4,7H2,(H,17,19)/t11-/m0/s1. The highest BCUT2D eigenvalue weighted by Gasteiger charge is 2.29. The number of nitrogens with one attached hydrogen (secondary N) is 2. The van der Waals surface area contributed by atoms with Gasteiger partial charge >= 0.3 is 0 Å². The number of nitrogens with zero attached hydrogens (tertiary/aromatic N) is 1. The lowest BCUT2D eigenvalue weighted by molar-refractivity contribution is -0.117. The molecule has 2 aliphatic rings. The summed E-state index contributed by atoms with van der Waals surface area (Å²) >= 11 is 0. The van der Waals surface area contributed by atoms with Crippen LogP contribution in [0.4, 0.5) is 5.69 Å². The first-order valence-corrected chi connectivity index (χ1v) is 7.24. The Kier molecular flexibility index (Phi) is 2.73. The molecule has 0 radical (unpaired) electrons. The minimum absolute atomic E-state index is 0.0350. The van der Waals surface area contributed by atoms with E-state index in [9.17, 15) is 4.79 Å². The van der Waals surface area contributed by atoms with E-state index in [4.69, 9.17) is 4.42 Å². The third kappa shape index (κ3) is 2.18. The first-order valence-electron chi connectivity index (χ1n) is 7.24. The van der Waals surface area contributed by atoms with Crippen molar-refractivity contribution >= 4 is 22.7 Å². The van der Waals surface area contributed by atoms with E-state index in [0.717, 1.165) is 42.1 Å². The zero-order valence-corrected chi connectivity index (χ0v) is 11.2. The Labute approximate surface area is 116 Å². The molecule has 1 amide bonds. The van der Waals surface area contributed by atoms with Crippen LogP contribution in [0.5, 0.6) is 0 Å². The molecule has 1 aromatic heterocycles. The molecule has 1 saturated carbocycles. The van der Waals surface area contributed by atoms with Crippen LogP contribution in [0.3, 0.4) is 0 Å². The molecule has 2 fully saturated rings. The number of hydrogen-bond acceptors (Lipinski definition) is 4. The number of aromatic nitrogens is 1. The average Bonchev–Trinajstić information content (AvgIpc) is 3.00. The van der Waals surface area contributed by atoms with Gasteiger partial charge in [0.15, 0.2) is 11.5 Å². The molecule has 4 rings (SSSR count). The van der Waals surface area contributed by atoms with Crippen LogP contribution in [0, 0.1) is 0 Å². The molecular formula is C15H17N3O2. The summed E-state index contributed by atoms with van der Waals surface area (Å²) in [5, 5.41) is 6.14. The van der Waals surface area contributed by atoms with Gasteiger partial charge in [-0.1, -0.05) is 0 Å². The maximum absolute atomic E-state index is 12.1. The first kappa shape index (κ1) is 11.9. The van der Waals surface area contributed by atoms with Gasteiger partial charge in [0.25, 0.3) is 0 Å². The van der Waals surface area contributed by atoms with Gasteiger partial charge in [-0.25, -0.2) is 4.98 Å². The summed E-state index contributed by atoms with van der Waals surface area (Å²) in [5.41, 5.74) is 2.40. The van der Waals surface area contributed by atoms with Crippen molar-refractivity contribution in [1.82, 2.24) is 10.3 Å². The van der Waals surface area contributed by atoms with E-state index in [2.05, 4.69) is 15.6 Å².